The molecular formula is C19H18F2N4O. The van der Waals surface area contributed by atoms with Gasteiger partial charge in [-0.15, -0.1) is 0 Å². The Kier molecular flexibility index (Phi) is 4.14. The third kappa shape index (κ3) is 3.05. The first-order valence-electron chi connectivity index (χ1n) is 8.55. The van der Waals surface area contributed by atoms with Crippen LogP contribution in [0, 0.1) is 6.92 Å². The van der Waals surface area contributed by atoms with Crippen LogP contribution in [-0.4, -0.2) is 27.5 Å². The first-order chi connectivity index (χ1) is 12.5. The van der Waals surface area contributed by atoms with Crippen LogP contribution < -0.4 is 11.0 Å². The molecule has 0 amide bonds. The highest BCUT2D eigenvalue weighted by atomic mass is 19.3. The summed E-state index contributed by atoms with van der Waals surface area (Å²) in [6, 6.07) is 9.37. The van der Waals surface area contributed by atoms with E-state index in [0.717, 1.165) is 18.4 Å². The Bertz CT molecular complexity index is 1030. The number of hydrogen-bond donors (Lipinski definition) is 1. The number of alkyl halides is 2. The van der Waals surface area contributed by atoms with Crippen molar-refractivity contribution in [3.05, 3.63) is 58.3 Å². The molecule has 26 heavy (non-hydrogen) atoms. The summed E-state index contributed by atoms with van der Waals surface area (Å²) in [6.07, 6.45) is 1.39. The predicted octanol–water partition coefficient (Wildman–Crippen LogP) is 3.64. The number of aromatic nitrogens is 3. The van der Waals surface area contributed by atoms with Gasteiger partial charge in [-0.2, -0.15) is 4.98 Å². The van der Waals surface area contributed by atoms with Crippen LogP contribution in [0.5, 0.6) is 0 Å². The monoisotopic (exact) mass is 356 g/mol. The Morgan fingerprint density at radius 2 is 2.12 bits per heavy atom. The first kappa shape index (κ1) is 16.6. The van der Waals surface area contributed by atoms with Crippen LogP contribution >= 0.6 is 0 Å². The molecule has 1 N–H and O–H groups in total. The van der Waals surface area contributed by atoms with Crippen LogP contribution in [0.1, 0.15) is 30.0 Å². The van der Waals surface area contributed by atoms with E-state index in [-0.39, 0.29) is 5.82 Å². The molecule has 1 aliphatic carbocycles. The number of halogens is 2. The van der Waals surface area contributed by atoms with Crippen molar-refractivity contribution in [2.45, 2.75) is 32.1 Å². The van der Waals surface area contributed by atoms with Gasteiger partial charge in [0.2, 0.25) is 0 Å². The summed E-state index contributed by atoms with van der Waals surface area (Å²) in [5.41, 5.74) is 2.63. The molecule has 7 heteroatoms. The summed E-state index contributed by atoms with van der Waals surface area (Å²) in [6.45, 7) is 1.27. The molecular weight excluding hydrogens is 338 g/mol. The van der Waals surface area contributed by atoms with Crippen LogP contribution in [0.15, 0.2) is 41.3 Å². The van der Waals surface area contributed by atoms with Gasteiger partial charge in [-0.3, -0.25) is 9.55 Å². The van der Waals surface area contributed by atoms with E-state index in [1.807, 2.05) is 25.1 Å². The van der Waals surface area contributed by atoms with E-state index >= 15 is 0 Å². The van der Waals surface area contributed by atoms with Crippen LogP contribution in [0.3, 0.4) is 0 Å². The van der Waals surface area contributed by atoms with E-state index in [0.29, 0.717) is 28.2 Å². The number of fused-ring (bicyclic) bond motifs is 1. The van der Waals surface area contributed by atoms with E-state index in [4.69, 9.17) is 0 Å². The van der Waals surface area contributed by atoms with Crippen molar-refractivity contribution in [2.24, 2.45) is 0 Å². The van der Waals surface area contributed by atoms with Crippen LogP contribution in [0.2, 0.25) is 0 Å². The number of pyridine rings is 1. The molecule has 1 aliphatic rings. The summed E-state index contributed by atoms with van der Waals surface area (Å²) < 4.78 is 26.7. The van der Waals surface area contributed by atoms with Crippen molar-refractivity contribution in [1.29, 1.82) is 0 Å². The summed E-state index contributed by atoms with van der Waals surface area (Å²) in [7, 11) is 0. The fourth-order valence-corrected chi connectivity index (χ4v) is 3.17. The topological polar surface area (TPSA) is 59.8 Å². The normalized spacial score (nSPS) is 14.2. The van der Waals surface area contributed by atoms with Crippen LogP contribution in [-0.2, 0) is 0 Å². The first-order valence-corrected chi connectivity index (χ1v) is 8.55. The minimum Gasteiger partial charge on any atom is -0.364 e. The predicted molar refractivity (Wildman–Crippen MR) is 96.3 cm³/mol. The molecule has 1 saturated carbocycles. The van der Waals surface area contributed by atoms with Gasteiger partial charge < -0.3 is 5.32 Å². The molecule has 1 aromatic carbocycles. The SMILES string of the molecule is Cc1ncccc1-n1c(=O)nc(NCC(F)F)c2ccc(C3CC3)cc21. The van der Waals surface area contributed by atoms with Gasteiger partial charge >= 0.3 is 5.69 Å². The Hall–Kier alpha value is -2.83. The van der Waals surface area contributed by atoms with E-state index in [9.17, 15) is 13.6 Å². The number of anilines is 1. The van der Waals surface area contributed by atoms with Gasteiger partial charge in [0.05, 0.1) is 23.4 Å². The van der Waals surface area contributed by atoms with Crippen LogP contribution in [0.4, 0.5) is 14.6 Å². The molecule has 2 heterocycles. The highest BCUT2D eigenvalue weighted by molar-refractivity contribution is 5.91. The number of nitrogens with one attached hydrogen (secondary N) is 1. The number of rotatable bonds is 5. The van der Waals surface area contributed by atoms with Gasteiger partial charge in [-0.25, -0.2) is 13.6 Å². The maximum Gasteiger partial charge on any atom is 0.354 e. The van der Waals surface area contributed by atoms with E-state index < -0.39 is 18.7 Å². The lowest BCUT2D eigenvalue weighted by Crippen LogP contribution is -2.25. The van der Waals surface area contributed by atoms with Gasteiger partial charge in [0.1, 0.15) is 5.82 Å². The van der Waals surface area contributed by atoms with Crippen LogP contribution in [0.25, 0.3) is 16.6 Å². The zero-order valence-corrected chi connectivity index (χ0v) is 14.2. The lowest BCUT2D eigenvalue weighted by Gasteiger charge is -2.15. The number of nitrogens with zero attached hydrogens (tertiary/aromatic N) is 3. The molecule has 0 aliphatic heterocycles. The molecule has 5 nitrogen and oxygen atoms in total. The largest absolute Gasteiger partial charge is 0.364 e. The van der Waals surface area contributed by atoms with Gasteiger partial charge in [0, 0.05) is 11.6 Å². The van der Waals surface area contributed by atoms with Crippen molar-refractivity contribution in [1.82, 2.24) is 14.5 Å². The number of benzene rings is 1. The zero-order valence-electron chi connectivity index (χ0n) is 14.2. The summed E-state index contributed by atoms with van der Waals surface area (Å²) >= 11 is 0. The molecule has 0 unspecified atom stereocenters. The highest BCUT2D eigenvalue weighted by Gasteiger charge is 2.25. The summed E-state index contributed by atoms with van der Waals surface area (Å²) in [5.74, 6) is 0.689. The zero-order chi connectivity index (χ0) is 18.3. The molecule has 134 valence electrons. The number of hydrogen-bond acceptors (Lipinski definition) is 4. The van der Waals surface area contributed by atoms with E-state index in [1.54, 1.807) is 18.3 Å². The van der Waals surface area contributed by atoms with E-state index in [2.05, 4.69) is 15.3 Å². The number of aryl methyl sites for hydroxylation is 1. The Morgan fingerprint density at radius 1 is 1.31 bits per heavy atom. The van der Waals surface area contributed by atoms with Gasteiger partial charge in [-0.05, 0) is 55.5 Å². The third-order valence-corrected chi connectivity index (χ3v) is 4.61. The summed E-state index contributed by atoms with van der Waals surface area (Å²) in [4.78, 5) is 21.0. The fourth-order valence-electron chi connectivity index (χ4n) is 3.17. The minimum absolute atomic E-state index is 0.186. The molecule has 1 fully saturated rings. The Labute approximate surface area is 148 Å². The highest BCUT2D eigenvalue weighted by Crippen LogP contribution is 2.41. The van der Waals surface area contributed by atoms with Crippen molar-refractivity contribution < 1.29 is 8.78 Å². The average Bonchev–Trinajstić information content (AvgIpc) is 3.45. The lowest BCUT2D eigenvalue weighted by atomic mass is 10.1. The second kappa shape index (κ2) is 6.48. The maximum atomic E-state index is 12.7. The average molecular weight is 356 g/mol. The second-order valence-corrected chi connectivity index (χ2v) is 6.51. The van der Waals surface area contributed by atoms with Crippen molar-refractivity contribution in [3.8, 4) is 5.69 Å². The second-order valence-electron chi connectivity index (χ2n) is 6.51. The fraction of sp³-hybridized carbons (Fsp3) is 0.316. The summed E-state index contributed by atoms with van der Waals surface area (Å²) in [5, 5.41) is 3.23. The minimum atomic E-state index is -2.53. The maximum absolute atomic E-state index is 12.7. The van der Waals surface area contributed by atoms with Gasteiger partial charge in [-0.1, -0.05) is 6.07 Å². The van der Waals surface area contributed by atoms with E-state index in [1.165, 1.54) is 4.57 Å². The quantitative estimate of drug-likeness (QED) is 0.758. The van der Waals surface area contributed by atoms with Crippen molar-refractivity contribution in [3.63, 3.8) is 0 Å². The molecule has 4 rings (SSSR count). The molecule has 2 aromatic heterocycles. The lowest BCUT2D eigenvalue weighted by molar-refractivity contribution is 0.163. The molecule has 0 bridgehead atoms. The standard InChI is InChI=1S/C19H18F2N4O/c1-11-15(3-2-8-22-11)25-16-9-13(12-4-5-12)6-7-14(16)18(24-19(25)26)23-10-17(20)21/h2-3,6-9,12,17H,4-5,10H2,1H3,(H,23,24,26). The molecule has 0 saturated heterocycles. The Morgan fingerprint density at radius 3 is 2.81 bits per heavy atom. The molecule has 0 radical (unpaired) electrons. The van der Waals surface area contributed by atoms with Crippen molar-refractivity contribution >= 4 is 16.7 Å². The third-order valence-electron chi connectivity index (χ3n) is 4.61. The van der Waals surface area contributed by atoms with Crippen molar-refractivity contribution in [2.75, 3.05) is 11.9 Å². The van der Waals surface area contributed by atoms with Gasteiger partial charge in [0.15, 0.2) is 0 Å². The smallest absolute Gasteiger partial charge is 0.354 e. The molecule has 0 spiro atoms. The molecule has 3 aromatic rings. The van der Waals surface area contributed by atoms with Gasteiger partial charge in [0.25, 0.3) is 6.43 Å². The molecule has 0 atom stereocenters. The Balaban J connectivity index is 1.97.